The fraction of sp³-hybridized carbons (Fsp3) is 0.200. The molecule has 0 spiro atoms. The van der Waals surface area contributed by atoms with Gasteiger partial charge in [0.05, 0.1) is 0 Å². The minimum Gasteiger partial charge on any atom is -0.286 e. The number of fused-ring (bicyclic) bond motifs is 1. The fourth-order valence-electron chi connectivity index (χ4n) is 2.30. The number of amides is 1. The van der Waals surface area contributed by atoms with Crippen molar-refractivity contribution in [2.24, 2.45) is 15.9 Å². The first kappa shape index (κ1) is 14.1. The molecule has 0 N–H and O–H groups in total. The van der Waals surface area contributed by atoms with Crippen molar-refractivity contribution in [2.75, 3.05) is 6.54 Å². The molecule has 1 amide bonds. The average Bonchev–Trinajstić information content (AvgIpc) is 2.49. The number of hydrogen-bond donors (Lipinski definition) is 0. The molecule has 1 atom stereocenters. The van der Waals surface area contributed by atoms with Crippen LogP contribution < -0.4 is 0 Å². The molecule has 21 heavy (non-hydrogen) atoms. The molecule has 6 heteroatoms. The molecule has 1 aromatic carbocycles. The smallest absolute Gasteiger partial charge is 0.243 e. The van der Waals surface area contributed by atoms with Crippen LogP contribution in [0.3, 0.4) is 0 Å². The second-order valence-corrected chi connectivity index (χ2v) is 5.50. The van der Waals surface area contributed by atoms with E-state index in [1.54, 1.807) is 18.4 Å². The van der Waals surface area contributed by atoms with Crippen LogP contribution in [0.5, 0.6) is 0 Å². The Kier molecular flexibility index (Phi) is 3.94. The number of halogens is 1. The van der Waals surface area contributed by atoms with Crippen molar-refractivity contribution in [3.05, 3.63) is 47.0 Å². The van der Waals surface area contributed by atoms with Gasteiger partial charge in [-0.1, -0.05) is 35.9 Å². The van der Waals surface area contributed by atoms with Crippen LogP contribution in [-0.4, -0.2) is 34.5 Å². The zero-order valence-corrected chi connectivity index (χ0v) is 12.6. The Morgan fingerprint density at radius 2 is 2.14 bits per heavy atom. The van der Waals surface area contributed by atoms with Gasteiger partial charge in [-0.25, -0.2) is 9.98 Å². The molecule has 2 heterocycles. The summed E-state index contributed by atoms with van der Waals surface area (Å²) in [5, 5.41) is 0.963. The van der Waals surface area contributed by atoms with E-state index in [-0.39, 0.29) is 11.0 Å². The molecule has 2 aliphatic rings. The lowest BCUT2D eigenvalue weighted by atomic mass is 10.0. The molecule has 4 nitrogen and oxygen atoms in total. The lowest BCUT2D eigenvalue weighted by Gasteiger charge is -2.29. The lowest BCUT2D eigenvalue weighted by molar-refractivity contribution is -0.128. The Balaban J connectivity index is 1.77. The molecule has 0 fully saturated rings. The zero-order valence-electron chi connectivity index (χ0n) is 11.1. The molecule has 1 unspecified atom stereocenters. The van der Waals surface area contributed by atoms with Crippen molar-refractivity contribution < 1.29 is 4.79 Å². The largest absolute Gasteiger partial charge is 0.286 e. The standard InChI is InChI=1S/C15H12ClN3OS/c16-12-6-2-1-4-10(12)7-9-19-14(20)11-5-3-8-17-13(11)18-15(19)21/h1-6,8,11H,7,9H2. The highest BCUT2D eigenvalue weighted by molar-refractivity contribution is 7.80. The Bertz CT molecular complexity index is 696. The number of allylic oxidation sites excluding steroid dienone is 1. The normalized spacial score (nSPS) is 20.5. The lowest BCUT2D eigenvalue weighted by Crippen LogP contribution is -2.46. The van der Waals surface area contributed by atoms with E-state index in [1.807, 2.05) is 24.3 Å². The van der Waals surface area contributed by atoms with E-state index in [2.05, 4.69) is 9.98 Å². The number of aliphatic imine (C=N–C) groups is 2. The Morgan fingerprint density at radius 1 is 1.33 bits per heavy atom. The van der Waals surface area contributed by atoms with Crippen molar-refractivity contribution in [3.8, 4) is 0 Å². The van der Waals surface area contributed by atoms with Crippen LogP contribution in [0.25, 0.3) is 0 Å². The van der Waals surface area contributed by atoms with E-state index in [1.165, 1.54) is 4.90 Å². The molecule has 0 aromatic heterocycles. The quantitative estimate of drug-likeness (QED) is 0.805. The van der Waals surface area contributed by atoms with E-state index in [9.17, 15) is 4.79 Å². The number of benzene rings is 1. The van der Waals surface area contributed by atoms with Crippen LogP contribution in [0.4, 0.5) is 0 Å². The van der Waals surface area contributed by atoms with Gasteiger partial charge < -0.3 is 0 Å². The summed E-state index contributed by atoms with van der Waals surface area (Å²) in [6, 6.07) is 7.58. The minimum absolute atomic E-state index is 0.0786. The van der Waals surface area contributed by atoms with Crippen LogP contribution in [-0.2, 0) is 11.2 Å². The number of carbonyl (C=O) groups is 1. The number of hydrogen-bond acceptors (Lipinski definition) is 3. The summed E-state index contributed by atoms with van der Waals surface area (Å²) in [4.78, 5) is 22.3. The predicted molar refractivity (Wildman–Crippen MR) is 88.0 cm³/mol. The van der Waals surface area contributed by atoms with Crippen molar-refractivity contribution in [2.45, 2.75) is 6.42 Å². The third-order valence-electron chi connectivity index (χ3n) is 3.41. The van der Waals surface area contributed by atoms with E-state index >= 15 is 0 Å². The van der Waals surface area contributed by atoms with Crippen molar-refractivity contribution in [3.63, 3.8) is 0 Å². The summed E-state index contributed by atoms with van der Waals surface area (Å²) in [6.45, 7) is 0.465. The number of thiocarbonyl (C=S) groups is 1. The fourth-order valence-corrected chi connectivity index (χ4v) is 2.80. The van der Waals surface area contributed by atoms with Crippen molar-refractivity contribution >= 4 is 46.9 Å². The van der Waals surface area contributed by atoms with E-state index < -0.39 is 5.92 Å². The maximum absolute atomic E-state index is 12.5. The summed E-state index contributed by atoms with van der Waals surface area (Å²) in [7, 11) is 0. The van der Waals surface area contributed by atoms with Crippen molar-refractivity contribution in [1.82, 2.24) is 4.90 Å². The Hall–Kier alpha value is -1.85. The average molecular weight is 318 g/mol. The van der Waals surface area contributed by atoms with Crippen LogP contribution >= 0.6 is 23.8 Å². The van der Waals surface area contributed by atoms with Gasteiger partial charge in [0.2, 0.25) is 11.0 Å². The number of rotatable bonds is 3. The molecule has 0 radical (unpaired) electrons. The molecule has 0 saturated carbocycles. The summed E-state index contributed by atoms with van der Waals surface area (Å²) in [5.74, 6) is -0.0282. The van der Waals surface area contributed by atoms with Crippen LogP contribution in [0.2, 0.25) is 5.02 Å². The topological polar surface area (TPSA) is 45.0 Å². The highest BCUT2D eigenvalue weighted by Gasteiger charge is 2.34. The molecule has 0 bridgehead atoms. The summed E-state index contributed by atoms with van der Waals surface area (Å²) >= 11 is 11.3. The number of nitrogens with zero attached hydrogens (tertiary/aromatic N) is 3. The monoisotopic (exact) mass is 317 g/mol. The van der Waals surface area contributed by atoms with Gasteiger partial charge in [-0.3, -0.25) is 9.69 Å². The highest BCUT2D eigenvalue weighted by atomic mass is 35.5. The summed E-state index contributed by atoms with van der Waals surface area (Å²) < 4.78 is 0. The van der Waals surface area contributed by atoms with E-state index in [0.717, 1.165) is 5.56 Å². The third-order valence-corrected chi connectivity index (χ3v) is 4.09. The van der Waals surface area contributed by atoms with Gasteiger partial charge in [-0.15, -0.1) is 0 Å². The van der Waals surface area contributed by atoms with Gasteiger partial charge in [0, 0.05) is 17.8 Å². The Labute approximate surface area is 132 Å². The van der Waals surface area contributed by atoms with Crippen molar-refractivity contribution in [1.29, 1.82) is 0 Å². The number of amidine groups is 1. The van der Waals surface area contributed by atoms with Gasteiger partial charge in [0.1, 0.15) is 11.8 Å². The first-order valence-electron chi connectivity index (χ1n) is 6.55. The molecule has 106 valence electrons. The third kappa shape index (κ3) is 2.80. The molecular weight excluding hydrogens is 306 g/mol. The molecule has 3 rings (SSSR count). The summed E-state index contributed by atoms with van der Waals surface area (Å²) in [5.41, 5.74) is 0.988. The molecule has 1 aromatic rings. The molecule has 2 aliphatic heterocycles. The Morgan fingerprint density at radius 3 is 2.95 bits per heavy atom. The summed E-state index contributed by atoms with van der Waals surface area (Å²) in [6.07, 6.45) is 5.79. The number of dihydropyridines is 1. The molecular formula is C15H12ClN3OS. The maximum atomic E-state index is 12.5. The van der Waals surface area contributed by atoms with Gasteiger partial charge in [0.25, 0.3) is 0 Å². The van der Waals surface area contributed by atoms with E-state index in [0.29, 0.717) is 23.8 Å². The molecule has 0 aliphatic carbocycles. The second kappa shape index (κ2) is 5.87. The molecule has 0 saturated heterocycles. The van der Waals surface area contributed by atoms with Crippen LogP contribution in [0.15, 0.2) is 46.4 Å². The minimum atomic E-state index is -0.423. The van der Waals surface area contributed by atoms with Gasteiger partial charge in [-0.2, -0.15) is 0 Å². The highest BCUT2D eigenvalue weighted by Crippen LogP contribution is 2.21. The SMILES string of the molecule is O=C1C2C=CC=NC2=NC(=S)N1CCc1ccccc1Cl. The first-order valence-corrected chi connectivity index (χ1v) is 7.33. The number of carbonyl (C=O) groups excluding carboxylic acids is 1. The van der Waals surface area contributed by atoms with Crippen LogP contribution in [0.1, 0.15) is 5.56 Å². The maximum Gasteiger partial charge on any atom is 0.243 e. The zero-order chi connectivity index (χ0) is 14.8. The van der Waals surface area contributed by atoms with Gasteiger partial charge >= 0.3 is 0 Å². The van der Waals surface area contributed by atoms with Gasteiger partial charge in [-0.05, 0) is 36.3 Å². The van der Waals surface area contributed by atoms with Crippen LogP contribution in [0, 0.1) is 5.92 Å². The van der Waals surface area contributed by atoms with Gasteiger partial charge in [0.15, 0.2) is 0 Å². The predicted octanol–water partition coefficient (Wildman–Crippen LogP) is 2.66. The van der Waals surface area contributed by atoms with E-state index in [4.69, 9.17) is 23.8 Å². The first-order chi connectivity index (χ1) is 10.2. The second-order valence-electron chi connectivity index (χ2n) is 4.72.